The second-order valence-electron chi connectivity index (χ2n) is 4.42. The quantitative estimate of drug-likeness (QED) is 0.517. The maximum atomic E-state index is 5.20. The SMILES string of the molecule is C=CCNC(=S)NC[C@H](c1ccccc1)[NH+](C)C. The van der Waals surface area contributed by atoms with Crippen LogP contribution in [0, 0.1) is 0 Å². The van der Waals surface area contributed by atoms with Gasteiger partial charge in [-0.15, -0.1) is 6.58 Å². The fourth-order valence-electron chi connectivity index (χ4n) is 1.76. The van der Waals surface area contributed by atoms with E-state index in [2.05, 4.69) is 55.6 Å². The summed E-state index contributed by atoms with van der Waals surface area (Å²) < 4.78 is 0. The summed E-state index contributed by atoms with van der Waals surface area (Å²) in [5.74, 6) is 0. The third-order valence-electron chi connectivity index (χ3n) is 2.77. The van der Waals surface area contributed by atoms with Crippen LogP contribution in [0.1, 0.15) is 11.6 Å². The van der Waals surface area contributed by atoms with Crippen LogP contribution in [-0.2, 0) is 0 Å². The van der Waals surface area contributed by atoms with Gasteiger partial charge in [0, 0.05) is 12.1 Å². The molecule has 3 nitrogen and oxygen atoms in total. The predicted molar refractivity (Wildman–Crippen MR) is 80.8 cm³/mol. The Kier molecular flexibility index (Phi) is 6.39. The molecule has 1 aromatic carbocycles. The molecule has 1 aromatic rings. The molecule has 0 radical (unpaired) electrons. The van der Waals surface area contributed by atoms with Crippen molar-refractivity contribution in [2.45, 2.75) is 6.04 Å². The highest BCUT2D eigenvalue weighted by atomic mass is 32.1. The first-order valence-electron chi connectivity index (χ1n) is 6.12. The van der Waals surface area contributed by atoms with Gasteiger partial charge in [0.2, 0.25) is 0 Å². The molecule has 0 saturated heterocycles. The van der Waals surface area contributed by atoms with E-state index in [0.717, 1.165) is 6.54 Å². The number of thiocarbonyl (C=S) groups is 1. The minimum absolute atomic E-state index is 0.384. The van der Waals surface area contributed by atoms with Gasteiger partial charge in [0.15, 0.2) is 5.11 Å². The van der Waals surface area contributed by atoms with E-state index < -0.39 is 0 Å². The summed E-state index contributed by atoms with van der Waals surface area (Å²) in [6, 6.07) is 10.9. The average molecular weight is 264 g/mol. The first-order chi connectivity index (χ1) is 8.65. The van der Waals surface area contributed by atoms with E-state index >= 15 is 0 Å². The van der Waals surface area contributed by atoms with Crippen LogP contribution in [0.25, 0.3) is 0 Å². The Hall–Kier alpha value is -1.39. The summed E-state index contributed by atoms with van der Waals surface area (Å²) in [6.07, 6.45) is 1.79. The molecule has 1 rings (SSSR count). The highest BCUT2D eigenvalue weighted by Crippen LogP contribution is 2.07. The lowest BCUT2D eigenvalue weighted by atomic mass is 10.1. The van der Waals surface area contributed by atoms with Crippen molar-refractivity contribution in [2.75, 3.05) is 27.2 Å². The molecule has 4 heteroatoms. The van der Waals surface area contributed by atoms with Crippen LogP contribution in [0.2, 0.25) is 0 Å². The molecule has 0 aliphatic heterocycles. The molecule has 0 unspecified atom stereocenters. The molecule has 0 heterocycles. The van der Waals surface area contributed by atoms with Gasteiger partial charge in [-0.25, -0.2) is 0 Å². The smallest absolute Gasteiger partial charge is 0.166 e. The predicted octanol–water partition coefficient (Wildman–Crippen LogP) is 0.522. The number of nitrogens with one attached hydrogen (secondary N) is 3. The van der Waals surface area contributed by atoms with Crippen molar-refractivity contribution in [2.24, 2.45) is 0 Å². The zero-order valence-electron chi connectivity index (χ0n) is 11.1. The Bertz CT molecular complexity index is 376. The number of hydrogen-bond acceptors (Lipinski definition) is 1. The zero-order valence-corrected chi connectivity index (χ0v) is 11.9. The lowest BCUT2D eigenvalue weighted by Crippen LogP contribution is -3.07. The second kappa shape index (κ2) is 7.84. The summed E-state index contributed by atoms with van der Waals surface area (Å²) in [5, 5.41) is 7.00. The summed E-state index contributed by atoms with van der Waals surface area (Å²) >= 11 is 5.20. The Morgan fingerprint density at radius 1 is 1.33 bits per heavy atom. The molecule has 0 amide bonds. The minimum atomic E-state index is 0.384. The van der Waals surface area contributed by atoms with Gasteiger partial charge in [-0.2, -0.15) is 0 Å². The van der Waals surface area contributed by atoms with E-state index in [-0.39, 0.29) is 0 Å². The molecular weight excluding hydrogens is 242 g/mol. The van der Waals surface area contributed by atoms with Gasteiger partial charge < -0.3 is 15.5 Å². The van der Waals surface area contributed by atoms with E-state index in [0.29, 0.717) is 17.7 Å². The van der Waals surface area contributed by atoms with Crippen LogP contribution < -0.4 is 15.5 Å². The number of hydrogen-bond donors (Lipinski definition) is 3. The van der Waals surface area contributed by atoms with Crippen molar-refractivity contribution in [3.05, 3.63) is 48.6 Å². The van der Waals surface area contributed by atoms with Gasteiger partial charge in [-0.05, 0) is 12.2 Å². The molecule has 18 heavy (non-hydrogen) atoms. The Morgan fingerprint density at radius 3 is 2.56 bits per heavy atom. The molecule has 0 spiro atoms. The van der Waals surface area contributed by atoms with E-state index in [9.17, 15) is 0 Å². The molecule has 3 N–H and O–H groups in total. The largest absolute Gasteiger partial charge is 0.359 e. The summed E-state index contributed by atoms with van der Waals surface area (Å²) in [4.78, 5) is 1.38. The van der Waals surface area contributed by atoms with Crippen molar-refractivity contribution in [3.63, 3.8) is 0 Å². The molecule has 0 bridgehead atoms. The lowest BCUT2D eigenvalue weighted by molar-refractivity contribution is -0.890. The number of rotatable bonds is 6. The van der Waals surface area contributed by atoms with Crippen LogP contribution in [0.15, 0.2) is 43.0 Å². The maximum absolute atomic E-state index is 5.20. The van der Waals surface area contributed by atoms with Crippen molar-refractivity contribution < 1.29 is 4.90 Å². The molecule has 0 aromatic heterocycles. The summed E-state index contributed by atoms with van der Waals surface area (Å²) in [6.45, 7) is 5.16. The third kappa shape index (κ3) is 4.85. The molecule has 98 valence electrons. The van der Waals surface area contributed by atoms with Gasteiger partial charge in [0.05, 0.1) is 20.6 Å². The fourth-order valence-corrected chi connectivity index (χ4v) is 1.93. The minimum Gasteiger partial charge on any atom is -0.359 e. The van der Waals surface area contributed by atoms with Crippen molar-refractivity contribution in [3.8, 4) is 0 Å². The van der Waals surface area contributed by atoms with Gasteiger partial charge in [0.1, 0.15) is 6.04 Å². The van der Waals surface area contributed by atoms with Gasteiger partial charge in [-0.1, -0.05) is 36.4 Å². The molecule has 1 atom stereocenters. The van der Waals surface area contributed by atoms with Crippen LogP contribution in [-0.4, -0.2) is 32.3 Å². The van der Waals surface area contributed by atoms with Gasteiger partial charge >= 0.3 is 0 Å². The maximum Gasteiger partial charge on any atom is 0.166 e. The molecular formula is C14H22N3S+. The Morgan fingerprint density at radius 2 is 2.00 bits per heavy atom. The average Bonchev–Trinajstić information content (AvgIpc) is 2.37. The van der Waals surface area contributed by atoms with E-state index in [4.69, 9.17) is 12.2 Å². The number of quaternary nitrogens is 1. The number of likely N-dealkylation sites (N-methyl/N-ethyl adjacent to an activating group) is 1. The van der Waals surface area contributed by atoms with Gasteiger partial charge in [0.25, 0.3) is 0 Å². The fraction of sp³-hybridized carbons (Fsp3) is 0.357. The Labute approximate surface area is 115 Å². The zero-order chi connectivity index (χ0) is 13.4. The summed E-state index contributed by atoms with van der Waals surface area (Å²) in [7, 11) is 4.30. The molecule has 0 aliphatic carbocycles. The van der Waals surface area contributed by atoms with Crippen LogP contribution in [0.5, 0.6) is 0 Å². The van der Waals surface area contributed by atoms with Crippen molar-refractivity contribution in [1.29, 1.82) is 0 Å². The molecule has 0 fully saturated rings. The second-order valence-corrected chi connectivity index (χ2v) is 4.83. The van der Waals surface area contributed by atoms with Crippen LogP contribution in [0.4, 0.5) is 0 Å². The van der Waals surface area contributed by atoms with E-state index in [1.54, 1.807) is 6.08 Å². The monoisotopic (exact) mass is 264 g/mol. The standard InChI is InChI=1S/C14H21N3S/c1-4-10-15-14(18)16-11-13(17(2)3)12-8-6-5-7-9-12/h4-9,13H,1,10-11H2,2-3H3,(H2,15,16,18)/p+1/t13-/m1/s1. The summed E-state index contributed by atoms with van der Waals surface area (Å²) in [5.41, 5.74) is 1.32. The van der Waals surface area contributed by atoms with Crippen LogP contribution in [0.3, 0.4) is 0 Å². The van der Waals surface area contributed by atoms with Crippen molar-refractivity contribution in [1.82, 2.24) is 10.6 Å². The first kappa shape index (κ1) is 14.7. The highest BCUT2D eigenvalue weighted by Gasteiger charge is 2.17. The van der Waals surface area contributed by atoms with E-state index in [1.807, 2.05) is 6.07 Å². The molecule has 0 saturated carbocycles. The van der Waals surface area contributed by atoms with Crippen molar-refractivity contribution >= 4 is 17.3 Å². The van der Waals surface area contributed by atoms with Crippen LogP contribution >= 0.6 is 12.2 Å². The van der Waals surface area contributed by atoms with E-state index in [1.165, 1.54) is 10.5 Å². The third-order valence-corrected chi connectivity index (χ3v) is 3.06. The molecule has 0 aliphatic rings. The Balaban J connectivity index is 2.54. The topological polar surface area (TPSA) is 28.5 Å². The van der Waals surface area contributed by atoms with Gasteiger partial charge in [-0.3, -0.25) is 0 Å². The number of benzene rings is 1. The highest BCUT2D eigenvalue weighted by molar-refractivity contribution is 7.80. The lowest BCUT2D eigenvalue weighted by Gasteiger charge is -2.23. The first-order valence-corrected chi connectivity index (χ1v) is 6.53. The normalized spacial score (nSPS) is 11.9.